The lowest BCUT2D eigenvalue weighted by atomic mass is 10.3. The summed E-state index contributed by atoms with van der Waals surface area (Å²) in [6.45, 7) is 1.32. The molecule has 4 heterocycles. The third kappa shape index (κ3) is 4.38. The van der Waals surface area contributed by atoms with E-state index >= 15 is 0 Å². The van der Waals surface area contributed by atoms with Crippen LogP contribution in [0.15, 0.2) is 53.8 Å². The average Bonchev–Trinajstić information content (AvgIpc) is 3.32. The Hall–Kier alpha value is -2.76. The minimum absolute atomic E-state index is 0. The Morgan fingerprint density at radius 2 is 1.54 bits per heavy atom. The summed E-state index contributed by atoms with van der Waals surface area (Å²) in [5.74, 6) is 2.53. The third-order valence-corrected chi connectivity index (χ3v) is 4.28. The van der Waals surface area contributed by atoms with E-state index in [9.17, 15) is 0 Å². The molecule has 4 aromatic rings. The number of hydrogen-bond acceptors (Lipinski definition) is 5. The van der Waals surface area contributed by atoms with Crippen LogP contribution in [0, 0.1) is 0 Å². The van der Waals surface area contributed by atoms with Gasteiger partial charge in [-0.2, -0.15) is 0 Å². The quantitative estimate of drug-likeness (QED) is 0.185. The lowest BCUT2D eigenvalue weighted by molar-refractivity contribution is 0.706. The van der Waals surface area contributed by atoms with Gasteiger partial charge in [-0.3, -0.25) is 13.8 Å². The van der Waals surface area contributed by atoms with Crippen molar-refractivity contribution in [2.24, 2.45) is 4.99 Å². The average molecular weight is 491 g/mol. The summed E-state index contributed by atoms with van der Waals surface area (Å²) in [7, 11) is 1.75. The molecule has 0 fully saturated rings. The van der Waals surface area contributed by atoms with Crippen LogP contribution in [0.1, 0.15) is 18.1 Å². The minimum Gasteiger partial charge on any atom is -0.356 e. The highest BCUT2D eigenvalue weighted by Crippen LogP contribution is 2.05. The van der Waals surface area contributed by atoms with E-state index in [2.05, 4.69) is 36.0 Å². The van der Waals surface area contributed by atoms with Gasteiger partial charge in [0.05, 0.1) is 6.54 Å². The van der Waals surface area contributed by atoms with Crippen LogP contribution in [0.2, 0.25) is 0 Å². The third-order valence-electron chi connectivity index (χ3n) is 4.28. The van der Waals surface area contributed by atoms with Gasteiger partial charge in [0, 0.05) is 32.4 Å². The number of hydrogen-bond donors (Lipinski definition) is 2. The van der Waals surface area contributed by atoms with Crippen LogP contribution < -0.4 is 10.6 Å². The minimum atomic E-state index is 0. The van der Waals surface area contributed by atoms with E-state index in [0.29, 0.717) is 6.54 Å². The molecule has 0 aliphatic heterocycles. The van der Waals surface area contributed by atoms with Crippen molar-refractivity contribution in [1.29, 1.82) is 0 Å². The van der Waals surface area contributed by atoms with Gasteiger partial charge >= 0.3 is 0 Å². The van der Waals surface area contributed by atoms with Gasteiger partial charge in [-0.05, 0) is 30.7 Å². The molecular weight excluding hydrogens is 469 g/mol. The largest absolute Gasteiger partial charge is 0.356 e. The maximum absolute atomic E-state index is 4.26. The lowest BCUT2D eigenvalue weighted by Gasteiger charge is -2.11. The number of nitrogens with zero attached hydrogens (tertiary/aromatic N) is 7. The van der Waals surface area contributed by atoms with Gasteiger partial charge in [-0.15, -0.1) is 44.4 Å². The van der Waals surface area contributed by atoms with Crippen molar-refractivity contribution >= 4 is 41.2 Å². The first-order valence-corrected chi connectivity index (χ1v) is 8.87. The number of guanidine groups is 1. The van der Waals surface area contributed by atoms with Gasteiger partial charge in [-0.25, -0.2) is 0 Å². The number of aryl methyl sites for hydroxylation is 1. The molecule has 10 heteroatoms. The Morgan fingerprint density at radius 3 is 2.21 bits per heavy atom. The van der Waals surface area contributed by atoms with E-state index in [-0.39, 0.29) is 24.0 Å². The molecule has 0 spiro atoms. The van der Waals surface area contributed by atoms with Crippen molar-refractivity contribution in [3.8, 4) is 0 Å². The molecule has 0 aliphatic rings. The van der Waals surface area contributed by atoms with E-state index in [4.69, 9.17) is 0 Å². The second-order valence-corrected chi connectivity index (χ2v) is 6.05. The first-order chi connectivity index (χ1) is 13.3. The molecule has 0 aliphatic carbocycles. The molecule has 28 heavy (non-hydrogen) atoms. The standard InChI is InChI=1S/C18H21N9.HI/c1-19-18(21-13-17-25-24-15-8-3-5-12-27(15)17)20-10-6-9-16-23-22-14-7-2-4-11-26(14)16;/h2-5,7-8,11-12H,6,9-10,13H2,1H3,(H2,19,20,21);1H. The summed E-state index contributed by atoms with van der Waals surface area (Å²) in [6.07, 6.45) is 5.70. The molecular formula is C18H22IN9. The number of nitrogens with one attached hydrogen (secondary N) is 2. The van der Waals surface area contributed by atoms with Crippen molar-refractivity contribution in [3.63, 3.8) is 0 Å². The summed E-state index contributed by atoms with van der Waals surface area (Å²) in [5, 5.41) is 23.4. The Labute approximate surface area is 179 Å². The monoisotopic (exact) mass is 491 g/mol. The van der Waals surface area contributed by atoms with Crippen LogP contribution in [0.25, 0.3) is 11.3 Å². The number of aromatic nitrogens is 6. The molecule has 0 bridgehead atoms. The zero-order chi connectivity index (χ0) is 18.5. The van der Waals surface area contributed by atoms with Crippen molar-refractivity contribution in [2.45, 2.75) is 19.4 Å². The topological polar surface area (TPSA) is 96.8 Å². The molecule has 0 saturated carbocycles. The van der Waals surface area contributed by atoms with Crippen molar-refractivity contribution in [3.05, 3.63) is 60.4 Å². The molecule has 0 amide bonds. The summed E-state index contributed by atoms with van der Waals surface area (Å²) in [4.78, 5) is 4.26. The second kappa shape index (κ2) is 9.44. The van der Waals surface area contributed by atoms with Gasteiger partial charge in [0.15, 0.2) is 23.1 Å². The van der Waals surface area contributed by atoms with Crippen molar-refractivity contribution in [1.82, 2.24) is 39.8 Å². The predicted molar refractivity (Wildman–Crippen MR) is 118 cm³/mol. The maximum Gasteiger partial charge on any atom is 0.191 e. The van der Waals surface area contributed by atoms with Crippen LogP contribution in [-0.2, 0) is 13.0 Å². The SMILES string of the molecule is CN=C(NCCCc1nnc2ccccn12)NCc1nnc2ccccn12.I. The summed E-state index contributed by atoms with van der Waals surface area (Å²) in [5.41, 5.74) is 1.70. The van der Waals surface area contributed by atoms with Gasteiger partial charge in [-0.1, -0.05) is 12.1 Å². The van der Waals surface area contributed by atoms with E-state index < -0.39 is 0 Å². The second-order valence-electron chi connectivity index (χ2n) is 6.05. The fourth-order valence-electron chi connectivity index (χ4n) is 2.91. The van der Waals surface area contributed by atoms with Gasteiger partial charge in [0.25, 0.3) is 0 Å². The predicted octanol–water partition coefficient (Wildman–Crippen LogP) is 1.69. The lowest BCUT2D eigenvalue weighted by Crippen LogP contribution is -2.37. The van der Waals surface area contributed by atoms with Crippen LogP contribution in [-0.4, -0.2) is 48.7 Å². The zero-order valence-electron chi connectivity index (χ0n) is 15.5. The van der Waals surface area contributed by atoms with Crippen LogP contribution in [0.4, 0.5) is 0 Å². The van der Waals surface area contributed by atoms with Crippen molar-refractivity contribution < 1.29 is 0 Å². The number of aliphatic imine (C=N–C) groups is 1. The fraction of sp³-hybridized carbons (Fsp3) is 0.278. The van der Waals surface area contributed by atoms with E-state index in [1.807, 2.05) is 57.6 Å². The molecule has 0 atom stereocenters. The molecule has 9 nitrogen and oxygen atoms in total. The fourth-order valence-corrected chi connectivity index (χ4v) is 2.91. The summed E-state index contributed by atoms with van der Waals surface area (Å²) >= 11 is 0. The highest BCUT2D eigenvalue weighted by atomic mass is 127. The molecule has 0 radical (unpaired) electrons. The Balaban J connectivity index is 0.00000225. The summed E-state index contributed by atoms with van der Waals surface area (Å²) < 4.78 is 3.97. The van der Waals surface area contributed by atoms with Crippen molar-refractivity contribution in [2.75, 3.05) is 13.6 Å². The van der Waals surface area contributed by atoms with Crippen LogP contribution in [0.5, 0.6) is 0 Å². The van der Waals surface area contributed by atoms with E-state index in [1.54, 1.807) is 7.05 Å². The first-order valence-electron chi connectivity index (χ1n) is 8.87. The molecule has 0 saturated heterocycles. The smallest absolute Gasteiger partial charge is 0.191 e. The number of pyridine rings is 2. The number of halogens is 1. The molecule has 0 aromatic carbocycles. The maximum atomic E-state index is 4.26. The molecule has 2 N–H and O–H groups in total. The highest BCUT2D eigenvalue weighted by molar-refractivity contribution is 14.0. The Bertz CT molecular complexity index is 1070. The zero-order valence-corrected chi connectivity index (χ0v) is 17.8. The number of rotatable bonds is 6. The van der Waals surface area contributed by atoms with E-state index in [1.165, 1.54) is 0 Å². The van der Waals surface area contributed by atoms with Gasteiger partial charge < -0.3 is 10.6 Å². The first kappa shape index (κ1) is 20.0. The summed E-state index contributed by atoms with van der Waals surface area (Å²) in [6, 6.07) is 11.7. The molecule has 0 unspecified atom stereocenters. The van der Waals surface area contributed by atoms with Gasteiger partial charge in [0.1, 0.15) is 5.82 Å². The van der Waals surface area contributed by atoms with Crippen LogP contribution in [0.3, 0.4) is 0 Å². The van der Waals surface area contributed by atoms with Crippen LogP contribution >= 0.6 is 24.0 Å². The molecule has 146 valence electrons. The molecule has 4 aromatic heterocycles. The highest BCUT2D eigenvalue weighted by Gasteiger charge is 2.07. The molecule has 4 rings (SSSR count). The number of fused-ring (bicyclic) bond motifs is 2. The Kier molecular flexibility index (Phi) is 6.74. The van der Waals surface area contributed by atoms with Gasteiger partial charge in [0.2, 0.25) is 0 Å². The normalized spacial score (nSPS) is 11.5. The van der Waals surface area contributed by atoms with E-state index in [0.717, 1.165) is 48.3 Å². The Morgan fingerprint density at radius 1 is 0.893 bits per heavy atom.